The van der Waals surface area contributed by atoms with E-state index in [-0.39, 0.29) is 0 Å². The van der Waals surface area contributed by atoms with Gasteiger partial charge in [0.15, 0.2) is 0 Å². The molecule has 0 amide bonds. The zero-order chi connectivity index (χ0) is 11.9. The summed E-state index contributed by atoms with van der Waals surface area (Å²) < 4.78 is 0. The predicted octanol–water partition coefficient (Wildman–Crippen LogP) is 2.00. The molecule has 2 aromatic rings. The van der Waals surface area contributed by atoms with E-state index in [4.69, 9.17) is 5.26 Å². The van der Waals surface area contributed by atoms with Crippen LogP contribution in [0.1, 0.15) is 11.1 Å². The zero-order valence-electron chi connectivity index (χ0n) is 9.30. The normalized spacial score (nSPS) is 9.59. The van der Waals surface area contributed by atoms with Crippen molar-refractivity contribution in [1.82, 2.24) is 9.97 Å². The molecule has 0 aliphatic rings. The van der Waals surface area contributed by atoms with Gasteiger partial charge in [0.25, 0.3) is 0 Å². The summed E-state index contributed by atoms with van der Waals surface area (Å²) in [6.45, 7) is 0.796. The van der Waals surface area contributed by atoms with Gasteiger partial charge in [-0.3, -0.25) is 4.98 Å². The number of hydrogen-bond acceptors (Lipinski definition) is 4. The average Bonchev–Trinajstić information content (AvgIpc) is 2.41. The van der Waals surface area contributed by atoms with Gasteiger partial charge in [-0.15, -0.1) is 0 Å². The molecular formula is C13H12N4. The van der Waals surface area contributed by atoms with E-state index in [0.29, 0.717) is 5.56 Å². The largest absolute Gasteiger partial charge is 0.370 e. The molecular weight excluding hydrogens is 212 g/mol. The van der Waals surface area contributed by atoms with Crippen LogP contribution in [-0.4, -0.2) is 16.5 Å². The van der Waals surface area contributed by atoms with Gasteiger partial charge in [0.05, 0.1) is 5.56 Å². The highest BCUT2D eigenvalue weighted by molar-refractivity contribution is 5.39. The van der Waals surface area contributed by atoms with Crippen molar-refractivity contribution in [3.8, 4) is 6.07 Å². The summed E-state index contributed by atoms with van der Waals surface area (Å²) >= 11 is 0. The van der Waals surface area contributed by atoms with Crippen LogP contribution in [0.25, 0.3) is 0 Å². The molecule has 0 unspecified atom stereocenters. The fourth-order valence-corrected chi connectivity index (χ4v) is 1.45. The Morgan fingerprint density at radius 3 is 2.82 bits per heavy atom. The molecule has 0 saturated heterocycles. The number of nitriles is 1. The molecule has 1 N–H and O–H groups in total. The number of rotatable bonds is 4. The summed E-state index contributed by atoms with van der Waals surface area (Å²) in [6, 6.07) is 9.56. The number of aromatic nitrogens is 2. The van der Waals surface area contributed by atoms with Gasteiger partial charge in [0, 0.05) is 25.1 Å². The minimum atomic E-state index is 0.572. The van der Waals surface area contributed by atoms with Crippen LogP contribution in [0.5, 0.6) is 0 Å². The smallest absolute Gasteiger partial charge is 0.125 e. The molecule has 0 spiro atoms. The van der Waals surface area contributed by atoms with Crippen molar-refractivity contribution in [3.63, 3.8) is 0 Å². The Balaban J connectivity index is 1.84. The molecule has 0 bridgehead atoms. The van der Waals surface area contributed by atoms with Gasteiger partial charge >= 0.3 is 0 Å². The minimum absolute atomic E-state index is 0.572. The molecule has 2 heterocycles. The van der Waals surface area contributed by atoms with Crippen LogP contribution in [0.4, 0.5) is 5.82 Å². The molecule has 0 atom stereocenters. The van der Waals surface area contributed by atoms with Crippen molar-refractivity contribution in [3.05, 3.63) is 54.0 Å². The first-order valence-corrected chi connectivity index (χ1v) is 5.37. The van der Waals surface area contributed by atoms with Crippen molar-refractivity contribution in [2.24, 2.45) is 0 Å². The molecule has 0 aromatic carbocycles. The van der Waals surface area contributed by atoms with E-state index in [1.807, 2.05) is 30.5 Å². The van der Waals surface area contributed by atoms with E-state index in [0.717, 1.165) is 18.8 Å². The van der Waals surface area contributed by atoms with Crippen LogP contribution in [0.2, 0.25) is 0 Å². The van der Waals surface area contributed by atoms with Gasteiger partial charge in [-0.25, -0.2) is 4.98 Å². The summed E-state index contributed by atoms with van der Waals surface area (Å²) in [4.78, 5) is 8.19. The van der Waals surface area contributed by atoms with E-state index < -0.39 is 0 Å². The molecule has 84 valence electrons. The summed E-state index contributed by atoms with van der Waals surface area (Å²) in [5.41, 5.74) is 1.76. The van der Waals surface area contributed by atoms with Crippen molar-refractivity contribution in [1.29, 1.82) is 5.26 Å². The lowest BCUT2D eigenvalue weighted by molar-refractivity contribution is 0.993. The van der Waals surface area contributed by atoms with Crippen LogP contribution < -0.4 is 5.32 Å². The lowest BCUT2D eigenvalue weighted by Crippen LogP contribution is -2.06. The predicted molar refractivity (Wildman–Crippen MR) is 65.4 cm³/mol. The third-order valence-electron chi connectivity index (χ3n) is 2.34. The Kier molecular flexibility index (Phi) is 3.66. The highest BCUT2D eigenvalue weighted by Gasteiger charge is 1.95. The zero-order valence-corrected chi connectivity index (χ0v) is 9.30. The van der Waals surface area contributed by atoms with Crippen molar-refractivity contribution in [2.75, 3.05) is 11.9 Å². The number of pyridine rings is 2. The van der Waals surface area contributed by atoms with Gasteiger partial charge in [0.1, 0.15) is 11.9 Å². The van der Waals surface area contributed by atoms with Crippen LogP contribution in [0.3, 0.4) is 0 Å². The second kappa shape index (κ2) is 5.61. The molecule has 0 aliphatic carbocycles. The number of anilines is 1. The first-order valence-electron chi connectivity index (χ1n) is 5.37. The monoisotopic (exact) mass is 224 g/mol. The fourth-order valence-electron chi connectivity index (χ4n) is 1.45. The Hall–Kier alpha value is -2.41. The third kappa shape index (κ3) is 3.28. The Morgan fingerprint density at radius 1 is 1.24 bits per heavy atom. The first kappa shape index (κ1) is 11.1. The third-order valence-corrected chi connectivity index (χ3v) is 2.34. The molecule has 4 heteroatoms. The van der Waals surface area contributed by atoms with Gasteiger partial charge in [-0.05, 0) is 30.2 Å². The van der Waals surface area contributed by atoms with Crippen molar-refractivity contribution in [2.45, 2.75) is 6.42 Å². The second-order valence-corrected chi connectivity index (χ2v) is 3.58. The van der Waals surface area contributed by atoms with E-state index in [9.17, 15) is 0 Å². The SMILES string of the molecule is N#Cc1ccc(NCCc2cccnc2)nc1. The molecule has 0 saturated carbocycles. The van der Waals surface area contributed by atoms with Crippen LogP contribution >= 0.6 is 0 Å². The Labute approximate surface area is 100.0 Å². The van der Waals surface area contributed by atoms with E-state index in [2.05, 4.69) is 15.3 Å². The maximum Gasteiger partial charge on any atom is 0.125 e. The molecule has 2 aromatic heterocycles. The maximum atomic E-state index is 8.64. The lowest BCUT2D eigenvalue weighted by Gasteiger charge is -2.04. The molecule has 0 aliphatic heterocycles. The second-order valence-electron chi connectivity index (χ2n) is 3.58. The Morgan fingerprint density at radius 2 is 2.18 bits per heavy atom. The van der Waals surface area contributed by atoms with E-state index >= 15 is 0 Å². The van der Waals surface area contributed by atoms with Gasteiger partial charge in [0.2, 0.25) is 0 Å². The quantitative estimate of drug-likeness (QED) is 0.862. The topological polar surface area (TPSA) is 61.6 Å². The number of nitrogens with one attached hydrogen (secondary N) is 1. The lowest BCUT2D eigenvalue weighted by atomic mass is 10.2. The van der Waals surface area contributed by atoms with Gasteiger partial charge in [-0.1, -0.05) is 6.07 Å². The van der Waals surface area contributed by atoms with Crippen LogP contribution in [-0.2, 0) is 6.42 Å². The summed E-state index contributed by atoms with van der Waals surface area (Å²) in [5, 5.41) is 11.8. The number of hydrogen-bond donors (Lipinski definition) is 1. The highest BCUT2D eigenvalue weighted by Crippen LogP contribution is 2.04. The average molecular weight is 224 g/mol. The van der Waals surface area contributed by atoms with Crippen molar-refractivity contribution >= 4 is 5.82 Å². The van der Waals surface area contributed by atoms with Gasteiger partial charge in [-0.2, -0.15) is 5.26 Å². The number of nitrogens with zero attached hydrogens (tertiary/aromatic N) is 3. The van der Waals surface area contributed by atoms with Crippen LogP contribution in [0.15, 0.2) is 42.9 Å². The minimum Gasteiger partial charge on any atom is -0.370 e. The van der Waals surface area contributed by atoms with Crippen LogP contribution in [0, 0.1) is 11.3 Å². The van der Waals surface area contributed by atoms with Crippen molar-refractivity contribution < 1.29 is 0 Å². The highest BCUT2D eigenvalue weighted by atomic mass is 15.0. The molecule has 2 rings (SSSR count). The summed E-state index contributed by atoms with van der Waals surface area (Å²) in [5.74, 6) is 0.785. The van der Waals surface area contributed by atoms with Gasteiger partial charge < -0.3 is 5.32 Å². The summed E-state index contributed by atoms with van der Waals surface area (Å²) in [7, 11) is 0. The first-order chi connectivity index (χ1) is 8.38. The molecule has 0 fully saturated rings. The molecule has 17 heavy (non-hydrogen) atoms. The molecule has 4 nitrogen and oxygen atoms in total. The Bertz CT molecular complexity index is 499. The fraction of sp³-hybridized carbons (Fsp3) is 0.154. The summed E-state index contributed by atoms with van der Waals surface area (Å²) in [6.07, 6.45) is 6.08. The van der Waals surface area contributed by atoms with E-state index in [1.165, 1.54) is 5.56 Å². The maximum absolute atomic E-state index is 8.64. The molecule has 0 radical (unpaired) electrons. The standard InChI is InChI=1S/C13H12N4/c14-8-12-3-4-13(17-10-12)16-7-5-11-2-1-6-15-9-11/h1-4,6,9-10H,5,7H2,(H,16,17). The van der Waals surface area contributed by atoms with E-state index in [1.54, 1.807) is 18.5 Å².